The molecule has 0 bridgehead atoms. The van der Waals surface area contributed by atoms with Gasteiger partial charge < -0.3 is 10.1 Å². The number of ether oxygens (including phenoxy) is 1. The largest absolute Gasteiger partial charge is 0.419 e. The lowest BCUT2D eigenvalue weighted by molar-refractivity contribution is -0.291. The SMILES string of the molecule is CC(C)C1(CC#N)CCCCC1.CCOC1(C(F)(F)F)CNC1. The molecule has 134 valence electrons. The van der Waals surface area contributed by atoms with Gasteiger partial charge in [0.2, 0.25) is 0 Å². The monoisotopic (exact) mass is 334 g/mol. The highest BCUT2D eigenvalue weighted by Crippen LogP contribution is 2.44. The maximum atomic E-state index is 12.2. The molecule has 0 radical (unpaired) electrons. The average Bonchev–Trinajstić information content (AvgIpc) is 2.43. The Morgan fingerprint density at radius 1 is 1.17 bits per heavy atom. The molecule has 0 spiro atoms. The first-order chi connectivity index (χ1) is 10.7. The van der Waals surface area contributed by atoms with Crippen molar-refractivity contribution < 1.29 is 17.9 Å². The molecule has 0 unspecified atom stereocenters. The van der Waals surface area contributed by atoms with Crippen LogP contribution in [0.5, 0.6) is 0 Å². The van der Waals surface area contributed by atoms with Gasteiger partial charge in [-0.2, -0.15) is 18.4 Å². The van der Waals surface area contributed by atoms with Crippen molar-refractivity contribution in [3.8, 4) is 6.07 Å². The Labute approximate surface area is 137 Å². The van der Waals surface area contributed by atoms with Gasteiger partial charge in [-0.15, -0.1) is 0 Å². The van der Waals surface area contributed by atoms with E-state index in [4.69, 9.17) is 5.26 Å². The van der Waals surface area contributed by atoms with Crippen molar-refractivity contribution in [1.29, 1.82) is 5.26 Å². The van der Waals surface area contributed by atoms with Crippen molar-refractivity contribution in [2.45, 2.75) is 71.1 Å². The molecule has 1 N–H and O–H groups in total. The molecule has 0 aromatic rings. The molecular formula is C17H29F3N2O. The van der Waals surface area contributed by atoms with Crippen LogP contribution in [-0.4, -0.2) is 31.5 Å². The molecule has 1 aliphatic heterocycles. The number of nitriles is 1. The summed E-state index contributed by atoms with van der Waals surface area (Å²) in [5.74, 6) is 0.678. The highest BCUT2D eigenvalue weighted by molar-refractivity contribution is 5.00. The molecule has 0 aromatic heterocycles. The second kappa shape index (κ2) is 8.34. The second-order valence-electron chi connectivity index (χ2n) is 6.94. The van der Waals surface area contributed by atoms with Crippen molar-refractivity contribution in [2.75, 3.05) is 19.7 Å². The normalized spacial score (nSPS) is 22.5. The Kier molecular flexibility index (Phi) is 7.34. The van der Waals surface area contributed by atoms with E-state index in [0.29, 0.717) is 11.3 Å². The summed E-state index contributed by atoms with van der Waals surface area (Å²) in [5, 5.41) is 11.3. The summed E-state index contributed by atoms with van der Waals surface area (Å²) in [4.78, 5) is 0. The van der Waals surface area contributed by atoms with Gasteiger partial charge in [-0.1, -0.05) is 33.1 Å². The highest BCUT2D eigenvalue weighted by atomic mass is 19.4. The van der Waals surface area contributed by atoms with Gasteiger partial charge in [-0.05, 0) is 31.1 Å². The Morgan fingerprint density at radius 2 is 1.74 bits per heavy atom. The predicted octanol–water partition coefficient (Wildman–Crippen LogP) is 4.43. The molecule has 1 saturated heterocycles. The zero-order chi connectivity index (χ0) is 17.6. The van der Waals surface area contributed by atoms with Gasteiger partial charge in [0, 0.05) is 26.1 Å². The number of hydrogen-bond acceptors (Lipinski definition) is 3. The van der Waals surface area contributed by atoms with Crippen LogP contribution in [-0.2, 0) is 4.74 Å². The first-order valence-electron chi connectivity index (χ1n) is 8.51. The maximum absolute atomic E-state index is 12.2. The maximum Gasteiger partial charge on any atom is 0.419 e. The van der Waals surface area contributed by atoms with Crippen molar-refractivity contribution in [3.63, 3.8) is 0 Å². The topological polar surface area (TPSA) is 45.0 Å². The first-order valence-corrected chi connectivity index (χ1v) is 8.51. The summed E-state index contributed by atoms with van der Waals surface area (Å²) in [5.41, 5.74) is -1.53. The molecule has 0 amide bonds. The van der Waals surface area contributed by atoms with Gasteiger partial charge in [-0.3, -0.25) is 0 Å². The van der Waals surface area contributed by atoms with E-state index < -0.39 is 11.8 Å². The smallest absolute Gasteiger partial charge is 0.363 e. The number of nitrogens with zero attached hydrogens (tertiary/aromatic N) is 1. The van der Waals surface area contributed by atoms with E-state index in [1.165, 1.54) is 32.1 Å². The van der Waals surface area contributed by atoms with Crippen LogP contribution in [0.3, 0.4) is 0 Å². The molecule has 6 heteroatoms. The predicted molar refractivity (Wildman–Crippen MR) is 83.9 cm³/mol. The van der Waals surface area contributed by atoms with Crippen LogP contribution in [0.25, 0.3) is 0 Å². The number of halogens is 3. The van der Waals surface area contributed by atoms with Gasteiger partial charge in [0.15, 0.2) is 5.60 Å². The third kappa shape index (κ3) is 4.84. The zero-order valence-corrected chi connectivity index (χ0v) is 14.4. The summed E-state index contributed by atoms with van der Waals surface area (Å²) >= 11 is 0. The Bertz CT molecular complexity index is 392. The third-order valence-electron chi connectivity index (χ3n) is 5.26. The molecule has 2 rings (SSSR count). The minimum absolute atomic E-state index is 0.0984. The van der Waals surface area contributed by atoms with Crippen molar-refractivity contribution in [3.05, 3.63) is 0 Å². The lowest BCUT2D eigenvalue weighted by Gasteiger charge is -2.42. The molecule has 1 aliphatic carbocycles. The average molecular weight is 334 g/mol. The Morgan fingerprint density at radius 3 is 2.00 bits per heavy atom. The van der Waals surface area contributed by atoms with E-state index in [2.05, 4.69) is 30.0 Å². The highest BCUT2D eigenvalue weighted by Gasteiger charge is 2.59. The minimum atomic E-state index is -4.24. The number of nitrogens with one attached hydrogen (secondary N) is 1. The van der Waals surface area contributed by atoms with Gasteiger partial charge >= 0.3 is 6.18 Å². The van der Waals surface area contributed by atoms with Crippen LogP contribution in [0.15, 0.2) is 0 Å². The van der Waals surface area contributed by atoms with E-state index >= 15 is 0 Å². The van der Waals surface area contributed by atoms with Crippen LogP contribution in [0.4, 0.5) is 13.2 Å². The lowest BCUT2D eigenvalue weighted by Crippen LogP contribution is -2.69. The van der Waals surface area contributed by atoms with E-state index in [9.17, 15) is 13.2 Å². The standard InChI is InChI=1S/C11H19N.C6H10F3NO/c1-10(2)11(8-9-12)6-4-3-5-7-11;1-2-11-5(3-10-4-5)6(7,8)9/h10H,3-8H2,1-2H3;10H,2-4H2,1H3. The van der Waals surface area contributed by atoms with Crippen LogP contribution >= 0.6 is 0 Å². The number of hydrogen-bond donors (Lipinski definition) is 1. The van der Waals surface area contributed by atoms with Gasteiger partial charge in [-0.25, -0.2) is 0 Å². The van der Waals surface area contributed by atoms with Crippen LogP contribution in [0.2, 0.25) is 0 Å². The Hall–Kier alpha value is -0.800. The fourth-order valence-corrected chi connectivity index (χ4v) is 3.38. The van der Waals surface area contributed by atoms with Gasteiger partial charge in [0.25, 0.3) is 0 Å². The summed E-state index contributed by atoms with van der Waals surface area (Å²) in [6, 6.07) is 2.36. The van der Waals surface area contributed by atoms with Crippen molar-refractivity contribution in [1.82, 2.24) is 5.32 Å². The quantitative estimate of drug-likeness (QED) is 0.827. The van der Waals surface area contributed by atoms with Crippen LogP contribution in [0.1, 0.15) is 59.3 Å². The summed E-state index contributed by atoms with van der Waals surface area (Å²) in [6.45, 7) is 5.95. The van der Waals surface area contributed by atoms with E-state index in [1.807, 2.05) is 0 Å². The summed E-state index contributed by atoms with van der Waals surface area (Å²) in [6.07, 6.45) is 3.12. The molecular weight excluding hydrogens is 305 g/mol. The molecule has 1 heterocycles. The van der Waals surface area contributed by atoms with Crippen LogP contribution < -0.4 is 5.32 Å². The van der Waals surface area contributed by atoms with E-state index in [-0.39, 0.29) is 19.7 Å². The second-order valence-corrected chi connectivity index (χ2v) is 6.94. The van der Waals surface area contributed by atoms with Crippen LogP contribution in [0, 0.1) is 22.7 Å². The summed E-state index contributed by atoms with van der Waals surface area (Å²) < 4.78 is 41.2. The molecule has 2 aliphatic rings. The van der Waals surface area contributed by atoms with Crippen molar-refractivity contribution >= 4 is 0 Å². The van der Waals surface area contributed by atoms with Crippen molar-refractivity contribution in [2.24, 2.45) is 11.3 Å². The van der Waals surface area contributed by atoms with Gasteiger partial charge in [0.1, 0.15) is 0 Å². The third-order valence-corrected chi connectivity index (χ3v) is 5.26. The van der Waals surface area contributed by atoms with E-state index in [1.54, 1.807) is 6.92 Å². The van der Waals surface area contributed by atoms with Gasteiger partial charge in [0.05, 0.1) is 6.07 Å². The molecule has 3 nitrogen and oxygen atoms in total. The lowest BCUT2D eigenvalue weighted by atomic mass is 9.65. The molecule has 0 atom stereocenters. The zero-order valence-electron chi connectivity index (χ0n) is 14.4. The minimum Gasteiger partial charge on any atom is -0.363 e. The molecule has 1 saturated carbocycles. The number of alkyl halides is 3. The van der Waals surface area contributed by atoms with E-state index in [0.717, 1.165) is 6.42 Å². The number of rotatable bonds is 4. The molecule has 23 heavy (non-hydrogen) atoms. The Balaban J connectivity index is 0.000000231. The summed E-state index contributed by atoms with van der Waals surface area (Å²) in [7, 11) is 0. The fraction of sp³-hybridized carbons (Fsp3) is 0.941. The molecule has 0 aromatic carbocycles. The molecule has 2 fully saturated rings. The fourth-order valence-electron chi connectivity index (χ4n) is 3.38. The first kappa shape index (κ1) is 20.2.